The minimum absolute atomic E-state index is 0.0210. The summed E-state index contributed by atoms with van der Waals surface area (Å²) in [5.41, 5.74) is 4.85. The molecule has 2 aromatic heterocycles. The van der Waals surface area contributed by atoms with Crippen LogP contribution < -0.4 is 9.47 Å². The number of piperidine rings is 1. The molecule has 1 N–H and O–H groups in total. The summed E-state index contributed by atoms with van der Waals surface area (Å²) in [6.07, 6.45) is 3.13. The molecule has 14 heteroatoms. The number of nitrogens with zero attached hydrogens (tertiary/aromatic N) is 5. The number of hydrogen-bond acceptors (Lipinski definition) is 9. The van der Waals surface area contributed by atoms with E-state index in [1.54, 1.807) is 30.0 Å². The molecule has 0 bridgehead atoms. The van der Waals surface area contributed by atoms with Crippen molar-refractivity contribution < 1.29 is 33.7 Å². The number of hydrogen-bond donors (Lipinski definition) is 1. The van der Waals surface area contributed by atoms with Crippen LogP contribution in [0.15, 0.2) is 60.8 Å². The lowest BCUT2D eigenvalue weighted by molar-refractivity contribution is -0.141. The molecule has 0 saturated carbocycles. The van der Waals surface area contributed by atoms with Crippen LogP contribution in [-0.2, 0) is 27.4 Å². The van der Waals surface area contributed by atoms with Gasteiger partial charge in [0.05, 0.1) is 48.1 Å². The second kappa shape index (κ2) is 17.7. The van der Waals surface area contributed by atoms with Gasteiger partial charge in [-0.25, -0.2) is 9.78 Å². The fraction of sp³-hybridized carbons (Fsp3) is 0.419. The zero-order valence-corrected chi connectivity index (χ0v) is 34.7. The molecule has 12 nitrogen and oxygen atoms in total. The van der Waals surface area contributed by atoms with Crippen molar-refractivity contribution in [1.29, 1.82) is 0 Å². The summed E-state index contributed by atoms with van der Waals surface area (Å²) >= 11 is 14.3. The van der Waals surface area contributed by atoms with Gasteiger partial charge in [0.1, 0.15) is 11.4 Å². The Morgan fingerprint density at radius 1 is 0.895 bits per heavy atom. The highest BCUT2D eigenvalue weighted by Gasteiger charge is 2.33. The van der Waals surface area contributed by atoms with Crippen molar-refractivity contribution in [2.24, 2.45) is 5.92 Å². The van der Waals surface area contributed by atoms with Crippen LogP contribution >= 0.6 is 23.2 Å². The molecule has 2 saturated heterocycles. The van der Waals surface area contributed by atoms with E-state index in [9.17, 15) is 19.5 Å². The van der Waals surface area contributed by atoms with Crippen LogP contribution in [0.25, 0.3) is 33.6 Å². The average molecular weight is 819 g/mol. The van der Waals surface area contributed by atoms with E-state index in [0.717, 1.165) is 11.1 Å². The third-order valence-electron chi connectivity index (χ3n) is 10.5. The van der Waals surface area contributed by atoms with Crippen LogP contribution in [0.4, 0.5) is 4.79 Å². The Hall–Kier alpha value is -4.91. The van der Waals surface area contributed by atoms with E-state index in [1.807, 2.05) is 75.4 Å². The Labute approximate surface area is 343 Å². The number of benzene rings is 2. The van der Waals surface area contributed by atoms with Gasteiger partial charge in [-0.05, 0) is 70.8 Å². The number of carboxylic acids is 1. The van der Waals surface area contributed by atoms with Gasteiger partial charge in [0.2, 0.25) is 11.8 Å². The number of likely N-dealkylation sites (tertiary alicyclic amines) is 2. The normalized spacial score (nSPS) is 16.4. The Bertz CT molecular complexity index is 2130. The summed E-state index contributed by atoms with van der Waals surface area (Å²) in [6, 6.07) is 16.9. The number of methoxy groups -OCH3 is 2. The maximum absolute atomic E-state index is 13.6. The smallest absolute Gasteiger partial charge is 0.410 e. The van der Waals surface area contributed by atoms with Crippen molar-refractivity contribution in [2.45, 2.75) is 71.7 Å². The first-order valence-corrected chi connectivity index (χ1v) is 19.8. The summed E-state index contributed by atoms with van der Waals surface area (Å²) < 4.78 is 17.4. The van der Waals surface area contributed by atoms with Crippen molar-refractivity contribution in [3.05, 3.63) is 82.0 Å². The SMILES string of the molecule is COc1cc(-c2nccc(-c3cccc(-c4ccc(CN(C(=O)OC(C)(C)C)C5CCN(C(C)=O)CC5)c(OC)n4)c3Cl)c2Cl)ccc1CN1CC[C@H](C(=O)O)C1. The summed E-state index contributed by atoms with van der Waals surface area (Å²) in [5, 5.41) is 10.3. The number of halogens is 2. The monoisotopic (exact) mass is 817 g/mol. The Kier molecular flexibility index (Phi) is 13.0. The standard InChI is InChI=1S/C43H49Cl2N5O7/c1-26(51)49-20-16-31(17-21-49)50(42(54)57-43(2,3)4)25-29-12-13-35(47-40(29)56-6)34-9-7-8-32(37(34)44)33-14-18-46-39(38(33)45)27-10-11-28(36(22-27)55-5)23-48-19-15-30(24-48)41(52)53/h7-14,18,22,30-31H,15-17,19-21,23-25H2,1-6H3,(H,52,53)/t30-/m0/s1. The molecule has 2 aliphatic heterocycles. The largest absolute Gasteiger partial charge is 0.496 e. The average Bonchev–Trinajstić information content (AvgIpc) is 3.66. The van der Waals surface area contributed by atoms with Gasteiger partial charge < -0.3 is 29.1 Å². The van der Waals surface area contributed by atoms with E-state index in [2.05, 4.69) is 9.88 Å². The zero-order valence-electron chi connectivity index (χ0n) is 33.2. The molecule has 2 fully saturated rings. The van der Waals surface area contributed by atoms with Crippen molar-refractivity contribution in [2.75, 3.05) is 40.4 Å². The molecule has 0 radical (unpaired) electrons. The Morgan fingerprint density at radius 3 is 2.25 bits per heavy atom. The first-order valence-electron chi connectivity index (χ1n) is 19.0. The molecule has 302 valence electrons. The summed E-state index contributed by atoms with van der Waals surface area (Å²) in [6.45, 7) is 10.2. The summed E-state index contributed by atoms with van der Waals surface area (Å²) in [7, 11) is 3.15. The third-order valence-corrected chi connectivity index (χ3v) is 11.3. The van der Waals surface area contributed by atoms with Gasteiger partial charge in [0.25, 0.3) is 0 Å². The van der Waals surface area contributed by atoms with E-state index >= 15 is 0 Å². The highest BCUT2D eigenvalue weighted by molar-refractivity contribution is 6.39. The molecule has 57 heavy (non-hydrogen) atoms. The Morgan fingerprint density at radius 2 is 1.60 bits per heavy atom. The van der Waals surface area contributed by atoms with Crippen LogP contribution in [0.1, 0.15) is 58.1 Å². The molecule has 4 heterocycles. The molecule has 0 spiro atoms. The van der Waals surface area contributed by atoms with Gasteiger partial charge in [0, 0.05) is 78.7 Å². The van der Waals surface area contributed by atoms with E-state index in [-0.39, 0.29) is 24.4 Å². The third kappa shape index (κ3) is 9.63. The minimum atomic E-state index is -0.765. The summed E-state index contributed by atoms with van der Waals surface area (Å²) in [4.78, 5) is 52.2. The molecule has 4 aromatic rings. The van der Waals surface area contributed by atoms with Crippen molar-refractivity contribution in [3.63, 3.8) is 0 Å². The first-order chi connectivity index (χ1) is 27.2. The number of carboxylic acid groups (broad SMARTS) is 1. The highest BCUT2D eigenvalue weighted by Crippen LogP contribution is 2.42. The lowest BCUT2D eigenvalue weighted by Gasteiger charge is -2.39. The topological polar surface area (TPSA) is 135 Å². The van der Waals surface area contributed by atoms with Crippen molar-refractivity contribution >= 4 is 41.2 Å². The van der Waals surface area contributed by atoms with Crippen LogP contribution in [0, 0.1) is 5.92 Å². The van der Waals surface area contributed by atoms with Gasteiger partial charge in [0.15, 0.2) is 0 Å². The van der Waals surface area contributed by atoms with Crippen LogP contribution in [0.2, 0.25) is 10.0 Å². The maximum atomic E-state index is 13.6. The molecule has 6 rings (SSSR count). The molecular weight excluding hydrogens is 769 g/mol. The maximum Gasteiger partial charge on any atom is 0.410 e. The second-order valence-electron chi connectivity index (χ2n) is 15.5. The van der Waals surface area contributed by atoms with Crippen LogP contribution in [0.3, 0.4) is 0 Å². The van der Waals surface area contributed by atoms with Gasteiger partial charge >= 0.3 is 12.1 Å². The van der Waals surface area contributed by atoms with Gasteiger partial charge in [-0.3, -0.25) is 19.5 Å². The second-order valence-corrected chi connectivity index (χ2v) is 16.2. The van der Waals surface area contributed by atoms with E-state index in [1.165, 1.54) is 7.11 Å². The quantitative estimate of drug-likeness (QED) is 0.157. The Balaban J connectivity index is 1.26. The van der Waals surface area contributed by atoms with Gasteiger partial charge in [-0.15, -0.1) is 0 Å². The summed E-state index contributed by atoms with van der Waals surface area (Å²) in [5.74, 6) is -0.103. The number of ether oxygens (including phenoxy) is 3. The van der Waals surface area contributed by atoms with E-state index in [0.29, 0.717) is 107 Å². The minimum Gasteiger partial charge on any atom is -0.496 e. The number of amides is 2. The van der Waals surface area contributed by atoms with Crippen molar-refractivity contribution in [3.8, 4) is 45.3 Å². The molecule has 0 aliphatic carbocycles. The number of pyridine rings is 2. The lowest BCUT2D eigenvalue weighted by Crippen LogP contribution is -2.49. The molecule has 2 amide bonds. The number of rotatable bonds is 11. The molecule has 2 aliphatic rings. The van der Waals surface area contributed by atoms with Crippen LogP contribution in [-0.4, -0.2) is 99.8 Å². The number of carbonyl (C=O) groups is 3. The van der Waals surface area contributed by atoms with Crippen molar-refractivity contribution in [1.82, 2.24) is 24.7 Å². The number of aromatic nitrogens is 2. The molecule has 2 aromatic carbocycles. The number of carbonyl (C=O) groups excluding carboxylic acids is 2. The molecule has 0 unspecified atom stereocenters. The van der Waals surface area contributed by atoms with Gasteiger partial charge in [-0.1, -0.05) is 53.5 Å². The van der Waals surface area contributed by atoms with Crippen LogP contribution in [0.5, 0.6) is 11.6 Å². The predicted molar refractivity (Wildman–Crippen MR) is 220 cm³/mol. The van der Waals surface area contributed by atoms with E-state index in [4.69, 9.17) is 42.4 Å². The molecule has 1 atom stereocenters. The van der Waals surface area contributed by atoms with Gasteiger partial charge in [-0.2, -0.15) is 0 Å². The van der Waals surface area contributed by atoms with E-state index < -0.39 is 17.7 Å². The highest BCUT2D eigenvalue weighted by atomic mass is 35.5. The predicted octanol–water partition coefficient (Wildman–Crippen LogP) is 8.46. The fourth-order valence-electron chi connectivity index (χ4n) is 7.49. The molecular formula is C43H49Cl2N5O7. The number of aliphatic carboxylic acids is 1. The lowest BCUT2D eigenvalue weighted by atomic mass is 9.99. The first kappa shape index (κ1) is 41.7. The fourth-order valence-corrected chi connectivity index (χ4v) is 8.13. The zero-order chi connectivity index (χ0) is 41.0.